The lowest BCUT2D eigenvalue weighted by molar-refractivity contribution is -0.140. The van der Waals surface area contributed by atoms with Gasteiger partial charge in [-0.3, -0.25) is 24.1 Å². The van der Waals surface area contributed by atoms with Gasteiger partial charge >= 0.3 is 0 Å². The molecule has 8 nitrogen and oxygen atoms in total. The maximum absolute atomic E-state index is 14.2. The molecule has 0 saturated carbocycles. The lowest BCUT2D eigenvalue weighted by Gasteiger charge is -2.38. The molecule has 0 aromatic heterocycles. The summed E-state index contributed by atoms with van der Waals surface area (Å²) < 4.78 is 5.24. The number of Topliss-reactive ketones (excluding diaryl/α,β-unsaturated/α-hetero) is 1. The van der Waals surface area contributed by atoms with E-state index >= 15 is 0 Å². The highest BCUT2D eigenvalue weighted by atomic mass is 16.5. The van der Waals surface area contributed by atoms with Crippen molar-refractivity contribution in [1.29, 1.82) is 0 Å². The van der Waals surface area contributed by atoms with Crippen molar-refractivity contribution in [1.82, 2.24) is 4.90 Å². The van der Waals surface area contributed by atoms with Crippen LogP contribution in [0.4, 0.5) is 11.4 Å². The quantitative estimate of drug-likeness (QED) is 0.301. The molecule has 5 rings (SSSR count). The number of carbonyl (C=O) groups is 4. The molecule has 0 fully saturated rings. The summed E-state index contributed by atoms with van der Waals surface area (Å²) in [4.78, 5) is 56.6. The molecule has 3 amide bonds. The lowest BCUT2D eigenvalue weighted by Crippen LogP contribution is -2.54. The minimum atomic E-state index is -0.808. The number of hydrogen-bond acceptors (Lipinski definition) is 5. The summed E-state index contributed by atoms with van der Waals surface area (Å²) in [7, 11) is 1.58. The van der Waals surface area contributed by atoms with Gasteiger partial charge in [0.2, 0.25) is 11.8 Å². The van der Waals surface area contributed by atoms with Crippen molar-refractivity contribution in [2.75, 3.05) is 23.9 Å². The van der Waals surface area contributed by atoms with Crippen LogP contribution in [0.2, 0.25) is 0 Å². The van der Waals surface area contributed by atoms with Crippen LogP contribution in [0.5, 0.6) is 5.75 Å². The molecule has 210 valence electrons. The molecule has 0 saturated heterocycles. The van der Waals surface area contributed by atoms with Gasteiger partial charge in [-0.15, -0.1) is 0 Å². The number of nitrogens with one attached hydrogen (secondary N) is 1. The predicted octanol–water partition coefficient (Wildman–Crippen LogP) is 4.93. The third-order valence-corrected chi connectivity index (χ3v) is 7.81. The second-order valence-electron chi connectivity index (χ2n) is 10.4. The van der Waals surface area contributed by atoms with Crippen molar-refractivity contribution in [3.63, 3.8) is 0 Å². The topological polar surface area (TPSA) is 96.0 Å². The summed E-state index contributed by atoms with van der Waals surface area (Å²) in [6.07, 6.45) is 6.32. The number of carbonyl (C=O) groups excluding carboxylic acids is 4. The Kier molecular flexibility index (Phi) is 8.29. The summed E-state index contributed by atoms with van der Waals surface area (Å²) in [6, 6.07) is 20.6. The van der Waals surface area contributed by atoms with Crippen LogP contribution in [0.25, 0.3) is 0 Å². The van der Waals surface area contributed by atoms with Crippen LogP contribution in [-0.2, 0) is 20.9 Å². The fraction of sp³-hybridized carbons (Fsp3) is 0.273. The van der Waals surface area contributed by atoms with Crippen LogP contribution in [0.15, 0.2) is 84.9 Å². The van der Waals surface area contributed by atoms with E-state index in [1.807, 2.05) is 31.2 Å². The molecule has 0 radical (unpaired) electrons. The first-order valence-corrected chi connectivity index (χ1v) is 13.8. The average Bonchev–Trinajstić information content (AvgIpc) is 3.23. The first-order valence-electron chi connectivity index (χ1n) is 13.8. The zero-order chi connectivity index (χ0) is 28.9. The van der Waals surface area contributed by atoms with E-state index < -0.39 is 23.6 Å². The maximum Gasteiger partial charge on any atom is 0.299 e. The number of aryl methyl sites for hydroxylation is 1. The first-order chi connectivity index (χ1) is 19.9. The summed E-state index contributed by atoms with van der Waals surface area (Å²) in [6.45, 7) is 1.80. The monoisotopic (exact) mass is 551 g/mol. The van der Waals surface area contributed by atoms with Crippen molar-refractivity contribution in [3.8, 4) is 5.75 Å². The van der Waals surface area contributed by atoms with Crippen LogP contribution in [0.3, 0.4) is 0 Å². The minimum absolute atomic E-state index is 0.130. The summed E-state index contributed by atoms with van der Waals surface area (Å²) in [5, 5.41) is 3.00. The van der Waals surface area contributed by atoms with Gasteiger partial charge in [-0.05, 0) is 79.6 Å². The number of rotatable bonds is 9. The molecule has 8 heteroatoms. The molecule has 0 unspecified atom stereocenters. The second kappa shape index (κ2) is 12.2. The van der Waals surface area contributed by atoms with Gasteiger partial charge < -0.3 is 15.0 Å². The number of anilines is 2. The van der Waals surface area contributed by atoms with Crippen molar-refractivity contribution in [2.45, 2.75) is 38.8 Å². The zero-order valence-corrected chi connectivity index (χ0v) is 23.2. The molecular weight excluding hydrogens is 518 g/mol. The predicted molar refractivity (Wildman–Crippen MR) is 157 cm³/mol. The Hall–Kier alpha value is -4.72. The van der Waals surface area contributed by atoms with E-state index in [1.54, 1.807) is 60.5 Å². The summed E-state index contributed by atoms with van der Waals surface area (Å²) in [5.41, 5.74) is 3.16. The third kappa shape index (κ3) is 5.91. The van der Waals surface area contributed by atoms with Crippen LogP contribution in [0, 0.1) is 12.8 Å². The molecule has 2 aliphatic rings. The van der Waals surface area contributed by atoms with E-state index in [1.165, 1.54) is 4.90 Å². The van der Waals surface area contributed by atoms with Crippen molar-refractivity contribution < 1.29 is 23.9 Å². The Bertz CT molecular complexity index is 1500. The highest BCUT2D eigenvalue weighted by Crippen LogP contribution is 2.31. The first kappa shape index (κ1) is 27.8. The maximum atomic E-state index is 14.2. The second-order valence-corrected chi connectivity index (χ2v) is 10.4. The number of methoxy groups -OCH3 is 1. The molecule has 1 N–H and O–H groups in total. The van der Waals surface area contributed by atoms with Gasteiger partial charge in [0.15, 0.2) is 0 Å². The van der Waals surface area contributed by atoms with Gasteiger partial charge in [0, 0.05) is 12.2 Å². The van der Waals surface area contributed by atoms with Crippen LogP contribution in [-0.4, -0.2) is 48.1 Å². The number of hydrogen-bond donors (Lipinski definition) is 1. The van der Waals surface area contributed by atoms with Gasteiger partial charge in [0.1, 0.15) is 18.3 Å². The summed E-state index contributed by atoms with van der Waals surface area (Å²) in [5.74, 6) is -1.55. The van der Waals surface area contributed by atoms with Crippen LogP contribution < -0.4 is 15.0 Å². The van der Waals surface area contributed by atoms with Gasteiger partial charge in [-0.1, -0.05) is 48.6 Å². The van der Waals surface area contributed by atoms with E-state index in [2.05, 4.69) is 17.5 Å². The molecular formula is C33H33N3O5. The molecule has 1 aliphatic carbocycles. The SMILES string of the molecule is COc1ccc(NC(=O)[C@@H]([C@@H]2CC=CCC2)N(Cc2ccccc2C)C(=O)CN2C(=O)C(=O)c3ccccc32)cc1. The highest BCUT2D eigenvalue weighted by molar-refractivity contribution is 6.52. The largest absolute Gasteiger partial charge is 0.497 e. The van der Waals surface area contributed by atoms with Crippen molar-refractivity contribution >= 4 is 34.9 Å². The van der Waals surface area contributed by atoms with Crippen LogP contribution >= 0.6 is 0 Å². The Morgan fingerprint density at radius 2 is 1.73 bits per heavy atom. The third-order valence-electron chi connectivity index (χ3n) is 7.81. The average molecular weight is 552 g/mol. The van der Waals surface area contributed by atoms with Gasteiger partial charge in [-0.25, -0.2) is 0 Å². The van der Waals surface area contributed by atoms with Gasteiger partial charge in [0.25, 0.3) is 11.7 Å². The molecule has 41 heavy (non-hydrogen) atoms. The molecule has 1 heterocycles. The number of benzene rings is 3. The van der Waals surface area contributed by atoms with Gasteiger partial charge in [-0.2, -0.15) is 0 Å². The number of nitrogens with zero attached hydrogens (tertiary/aromatic N) is 2. The number of allylic oxidation sites excluding steroid dienone is 2. The Morgan fingerprint density at radius 3 is 2.44 bits per heavy atom. The summed E-state index contributed by atoms with van der Waals surface area (Å²) >= 11 is 0. The molecule has 0 spiro atoms. The molecule has 3 aromatic rings. The number of para-hydroxylation sites is 1. The Balaban J connectivity index is 1.51. The van der Waals surface area contributed by atoms with E-state index in [-0.39, 0.29) is 30.5 Å². The molecule has 3 aromatic carbocycles. The fourth-order valence-electron chi connectivity index (χ4n) is 5.55. The smallest absolute Gasteiger partial charge is 0.299 e. The Morgan fingerprint density at radius 1 is 1.00 bits per heavy atom. The Labute approximate surface area is 239 Å². The van der Waals surface area contributed by atoms with Gasteiger partial charge in [0.05, 0.1) is 18.4 Å². The van der Waals surface area contributed by atoms with E-state index in [0.717, 1.165) is 24.0 Å². The molecule has 0 bridgehead atoms. The van der Waals surface area contributed by atoms with Crippen molar-refractivity contribution in [3.05, 3.63) is 102 Å². The van der Waals surface area contributed by atoms with E-state index in [4.69, 9.17) is 4.74 Å². The number of fused-ring (bicyclic) bond motifs is 1. The number of amides is 3. The minimum Gasteiger partial charge on any atom is -0.497 e. The van der Waals surface area contributed by atoms with Crippen molar-refractivity contribution in [2.24, 2.45) is 5.92 Å². The fourth-order valence-corrected chi connectivity index (χ4v) is 5.55. The number of ether oxygens (including phenoxy) is 1. The molecule has 1 aliphatic heterocycles. The zero-order valence-electron chi connectivity index (χ0n) is 23.2. The normalized spacial score (nSPS) is 16.7. The van der Waals surface area contributed by atoms with Crippen LogP contribution in [0.1, 0.15) is 40.7 Å². The standard InChI is InChI=1S/C33H33N3O5/c1-22-10-6-7-13-24(22)20-36(29(37)21-35-28-15-9-8-14-27(28)31(38)33(35)40)30(23-11-4-3-5-12-23)32(39)34-25-16-18-26(41-2)19-17-25/h3-4,6-10,13-19,23,30H,5,11-12,20-21H2,1-2H3,(H,34,39)/t23-,30-/m1/s1. The van der Waals surface area contributed by atoms with E-state index in [0.29, 0.717) is 23.5 Å². The highest BCUT2D eigenvalue weighted by Gasteiger charge is 2.41. The van der Waals surface area contributed by atoms with E-state index in [9.17, 15) is 19.2 Å². The molecule has 2 atom stereocenters. The lowest BCUT2D eigenvalue weighted by atomic mass is 9.85. The number of ketones is 1.